The largest absolute Gasteiger partial charge is 0.317 e. The van der Waals surface area contributed by atoms with E-state index in [0.29, 0.717) is 6.04 Å². The molecular formula is C17H28N2. The zero-order valence-corrected chi connectivity index (χ0v) is 12.4. The van der Waals surface area contributed by atoms with Gasteiger partial charge in [-0.15, -0.1) is 0 Å². The monoisotopic (exact) mass is 260 g/mol. The summed E-state index contributed by atoms with van der Waals surface area (Å²) in [6.07, 6.45) is 3.81. The lowest BCUT2D eigenvalue weighted by atomic mass is 9.99. The fourth-order valence-electron chi connectivity index (χ4n) is 2.98. The highest BCUT2D eigenvalue weighted by Crippen LogP contribution is 2.28. The highest BCUT2D eigenvalue weighted by molar-refractivity contribution is 5.21. The van der Waals surface area contributed by atoms with Crippen LogP contribution in [-0.2, 0) is 0 Å². The molecule has 0 amide bonds. The van der Waals surface area contributed by atoms with E-state index in [2.05, 4.69) is 54.4 Å². The minimum absolute atomic E-state index is 0.707. The summed E-state index contributed by atoms with van der Waals surface area (Å²) in [6, 6.07) is 11.7. The Labute approximate surface area is 118 Å². The van der Waals surface area contributed by atoms with Gasteiger partial charge in [0, 0.05) is 12.6 Å². The lowest BCUT2D eigenvalue weighted by Gasteiger charge is -2.24. The number of nitrogens with one attached hydrogen (secondary N) is 1. The van der Waals surface area contributed by atoms with Gasteiger partial charge >= 0.3 is 0 Å². The van der Waals surface area contributed by atoms with Crippen LogP contribution in [0.2, 0.25) is 0 Å². The summed E-state index contributed by atoms with van der Waals surface area (Å²) in [6.45, 7) is 9.40. The molecule has 0 aliphatic carbocycles. The van der Waals surface area contributed by atoms with Crippen LogP contribution in [0.15, 0.2) is 30.3 Å². The Morgan fingerprint density at radius 2 is 2.05 bits per heavy atom. The smallest absolute Gasteiger partial charge is 0.00792 e. The molecular weight excluding hydrogens is 232 g/mol. The van der Waals surface area contributed by atoms with Crippen molar-refractivity contribution in [2.75, 3.05) is 26.2 Å². The number of hydrogen-bond donors (Lipinski definition) is 1. The van der Waals surface area contributed by atoms with E-state index in [1.807, 2.05) is 0 Å². The molecule has 0 spiro atoms. The first-order chi connectivity index (χ1) is 9.31. The van der Waals surface area contributed by atoms with Crippen LogP contribution in [-0.4, -0.2) is 37.1 Å². The molecule has 2 nitrogen and oxygen atoms in total. The third kappa shape index (κ3) is 4.32. The van der Waals surface area contributed by atoms with E-state index in [0.717, 1.165) is 19.0 Å². The maximum absolute atomic E-state index is 3.51. The Kier molecular flexibility index (Phi) is 5.87. The minimum atomic E-state index is 0.707. The fraction of sp³-hybridized carbons (Fsp3) is 0.647. The predicted molar refractivity (Wildman–Crippen MR) is 82.6 cm³/mol. The summed E-state index contributed by atoms with van der Waals surface area (Å²) < 4.78 is 0. The molecule has 19 heavy (non-hydrogen) atoms. The maximum Gasteiger partial charge on any atom is 0.00792 e. The molecule has 106 valence electrons. The van der Waals surface area contributed by atoms with E-state index in [1.54, 1.807) is 0 Å². The van der Waals surface area contributed by atoms with Crippen molar-refractivity contribution in [1.82, 2.24) is 10.2 Å². The Hall–Kier alpha value is -0.860. The standard InChI is InChI=1S/C17H28N2/c1-3-11-18-12-9-15(2)19-13-10-17(14-19)16-7-5-4-6-8-16/h4-8,15,17-18H,3,9-14H2,1-2H3. The van der Waals surface area contributed by atoms with Crippen molar-refractivity contribution in [2.24, 2.45) is 0 Å². The van der Waals surface area contributed by atoms with E-state index in [-0.39, 0.29) is 0 Å². The number of benzene rings is 1. The van der Waals surface area contributed by atoms with Gasteiger partial charge in [0.1, 0.15) is 0 Å². The predicted octanol–water partition coefficient (Wildman–Crippen LogP) is 3.25. The molecule has 2 atom stereocenters. The van der Waals surface area contributed by atoms with Crippen LogP contribution in [0.3, 0.4) is 0 Å². The first-order valence-corrected chi connectivity index (χ1v) is 7.81. The third-order valence-corrected chi connectivity index (χ3v) is 4.28. The molecule has 1 saturated heterocycles. The average Bonchev–Trinajstić information content (AvgIpc) is 2.94. The molecule has 2 unspecified atom stereocenters. The molecule has 1 aromatic carbocycles. The van der Waals surface area contributed by atoms with Gasteiger partial charge in [-0.1, -0.05) is 37.3 Å². The van der Waals surface area contributed by atoms with Gasteiger partial charge in [0.2, 0.25) is 0 Å². The lowest BCUT2D eigenvalue weighted by molar-refractivity contribution is 0.242. The van der Waals surface area contributed by atoms with Crippen LogP contribution < -0.4 is 5.32 Å². The van der Waals surface area contributed by atoms with Crippen LogP contribution >= 0.6 is 0 Å². The van der Waals surface area contributed by atoms with Crippen molar-refractivity contribution in [2.45, 2.75) is 45.1 Å². The molecule has 0 aromatic heterocycles. The van der Waals surface area contributed by atoms with Gasteiger partial charge in [0.25, 0.3) is 0 Å². The Morgan fingerprint density at radius 3 is 2.79 bits per heavy atom. The Bertz CT molecular complexity index is 350. The molecule has 1 N–H and O–H groups in total. The van der Waals surface area contributed by atoms with Crippen molar-refractivity contribution in [3.8, 4) is 0 Å². The molecule has 1 fully saturated rings. The van der Waals surface area contributed by atoms with Crippen LogP contribution in [0.4, 0.5) is 0 Å². The van der Waals surface area contributed by atoms with E-state index < -0.39 is 0 Å². The lowest BCUT2D eigenvalue weighted by Crippen LogP contribution is -2.33. The maximum atomic E-state index is 3.51. The number of rotatable bonds is 7. The normalized spacial score (nSPS) is 21.7. The van der Waals surface area contributed by atoms with E-state index in [1.165, 1.54) is 37.9 Å². The van der Waals surface area contributed by atoms with Gasteiger partial charge in [-0.25, -0.2) is 0 Å². The minimum Gasteiger partial charge on any atom is -0.317 e. The molecule has 1 heterocycles. The number of nitrogens with zero attached hydrogens (tertiary/aromatic N) is 1. The summed E-state index contributed by atoms with van der Waals surface area (Å²) in [5.74, 6) is 0.743. The second-order valence-corrected chi connectivity index (χ2v) is 5.78. The van der Waals surface area contributed by atoms with Crippen molar-refractivity contribution in [3.63, 3.8) is 0 Å². The summed E-state index contributed by atoms with van der Waals surface area (Å²) in [4.78, 5) is 2.66. The molecule has 1 aromatic rings. The highest BCUT2D eigenvalue weighted by atomic mass is 15.2. The van der Waals surface area contributed by atoms with Gasteiger partial charge in [-0.05, 0) is 57.3 Å². The van der Waals surface area contributed by atoms with Gasteiger partial charge in [0.15, 0.2) is 0 Å². The van der Waals surface area contributed by atoms with Crippen LogP contribution in [0.25, 0.3) is 0 Å². The molecule has 0 bridgehead atoms. The number of likely N-dealkylation sites (tertiary alicyclic amines) is 1. The van der Waals surface area contributed by atoms with Crippen LogP contribution in [0.5, 0.6) is 0 Å². The Morgan fingerprint density at radius 1 is 1.26 bits per heavy atom. The molecule has 2 heteroatoms. The first-order valence-electron chi connectivity index (χ1n) is 7.81. The Balaban J connectivity index is 1.75. The summed E-state index contributed by atoms with van der Waals surface area (Å²) >= 11 is 0. The summed E-state index contributed by atoms with van der Waals surface area (Å²) in [5.41, 5.74) is 1.52. The van der Waals surface area contributed by atoms with Gasteiger partial charge < -0.3 is 5.32 Å². The summed E-state index contributed by atoms with van der Waals surface area (Å²) in [5, 5.41) is 3.51. The average molecular weight is 260 g/mol. The van der Waals surface area contributed by atoms with Crippen LogP contribution in [0, 0.1) is 0 Å². The van der Waals surface area contributed by atoms with Gasteiger partial charge in [0.05, 0.1) is 0 Å². The van der Waals surface area contributed by atoms with Gasteiger partial charge in [-0.2, -0.15) is 0 Å². The summed E-state index contributed by atoms with van der Waals surface area (Å²) in [7, 11) is 0. The van der Waals surface area contributed by atoms with Crippen molar-refractivity contribution < 1.29 is 0 Å². The van der Waals surface area contributed by atoms with E-state index >= 15 is 0 Å². The van der Waals surface area contributed by atoms with E-state index in [9.17, 15) is 0 Å². The quantitative estimate of drug-likeness (QED) is 0.757. The van der Waals surface area contributed by atoms with E-state index in [4.69, 9.17) is 0 Å². The third-order valence-electron chi connectivity index (χ3n) is 4.28. The topological polar surface area (TPSA) is 15.3 Å². The molecule has 1 aliphatic rings. The molecule has 2 rings (SSSR count). The highest BCUT2D eigenvalue weighted by Gasteiger charge is 2.26. The SMILES string of the molecule is CCCNCCC(C)N1CCC(c2ccccc2)C1. The van der Waals surface area contributed by atoms with Crippen molar-refractivity contribution in [3.05, 3.63) is 35.9 Å². The van der Waals surface area contributed by atoms with Crippen molar-refractivity contribution in [1.29, 1.82) is 0 Å². The van der Waals surface area contributed by atoms with Gasteiger partial charge in [-0.3, -0.25) is 4.90 Å². The zero-order chi connectivity index (χ0) is 13.5. The number of hydrogen-bond acceptors (Lipinski definition) is 2. The fourth-order valence-corrected chi connectivity index (χ4v) is 2.98. The molecule has 0 radical (unpaired) electrons. The second-order valence-electron chi connectivity index (χ2n) is 5.78. The second kappa shape index (κ2) is 7.66. The zero-order valence-electron chi connectivity index (χ0n) is 12.4. The van der Waals surface area contributed by atoms with Crippen LogP contribution in [0.1, 0.15) is 44.6 Å². The van der Waals surface area contributed by atoms with Crippen molar-refractivity contribution >= 4 is 0 Å². The first kappa shape index (κ1) is 14.5. The molecule has 0 saturated carbocycles. The molecule has 1 aliphatic heterocycles.